The zero-order chi connectivity index (χ0) is 27.9. The monoisotopic (exact) mass is 519 g/mol. The average molecular weight is 520 g/mol. The van der Waals surface area contributed by atoms with Crippen molar-refractivity contribution in [1.29, 1.82) is 0 Å². The van der Waals surface area contributed by atoms with E-state index < -0.39 is 5.97 Å². The van der Waals surface area contributed by atoms with Gasteiger partial charge in [0.1, 0.15) is 0 Å². The van der Waals surface area contributed by atoms with Gasteiger partial charge in [0.2, 0.25) is 11.7 Å². The van der Waals surface area contributed by atoms with Crippen molar-refractivity contribution in [2.24, 2.45) is 5.73 Å². The van der Waals surface area contributed by atoms with Gasteiger partial charge < -0.3 is 30.6 Å². The van der Waals surface area contributed by atoms with Crippen molar-refractivity contribution >= 4 is 34.5 Å². The number of amides is 2. The number of carbonyl (C=O) groups is 3. The number of carboxylic acids is 1. The number of primary amides is 1. The molecular weight excluding hydrogens is 490 g/mol. The van der Waals surface area contributed by atoms with Gasteiger partial charge in [-0.1, -0.05) is 26.0 Å². The number of anilines is 1. The molecule has 11 heteroatoms. The Morgan fingerprint density at radius 2 is 1.71 bits per heavy atom. The first kappa shape index (κ1) is 27.7. The lowest BCUT2D eigenvalue weighted by Crippen LogP contribution is -2.26. The summed E-state index contributed by atoms with van der Waals surface area (Å²) in [6.07, 6.45) is 3.36. The number of fused-ring (bicyclic) bond motifs is 1. The average Bonchev–Trinajstić information content (AvgIpc) is 3.33. The van der Waals surface area contributed by atoms with Crippen LogP contribution in [0.4, 0.5) is 5.69 Å². The Bertz CT molecular complexity index is 1410. The molecule has 0 aliphatic heterocycles. The number of carboxylic acid groups (broad SMARTS) is 1. The molecule has 2 heterocycles. The van der Waals surface area contributed by atoms with Gasteiger partial charge in [0.25, 0.3) is 5.91 Å². The summed E-state index contributed by atoms with van der Waals surface area (Å²) in [4.78, 5) is 44.4. The molecule has 2 aromatic heterocycles. The maximum Gasteiger partial charge on any atom is 0.371 e. The number of H-pyrrole nitrogens is 1. The number of hydrogen-bond donors (Lipinski definition) is 4. The van der Waals surface area contributed by atoms with Gasteiger partial charge in [-0.25, -0.2) is 9.78 Å². The number of benzene rings is 2. The minimum Gasteiger partial charge on any atom is -0.493 e. The molecule has 0 aliphatic rings. The fraction of sp³-hybridized carbons (Fsp3) is 0.222. The normalized spacial score (nSPS) is 10.7. The number of ether oxygens (including phenoxy) is 2. The summed E-state index contributed by atoms with van der Waals surface area (Å²) in [5.74, 6) is -0.672. The van der Waals surface area contributed by atoms with Gasteiger partial charge in [0.05, 0.1) is 31.4 Å². The van der Waals surface area contributed by atoms with Gasteiger partial charge >= 0.3 is 5.97 Å². The Hall–Kier alpha value is -4.93. The van der Waals surface area contributed by atoms with Crippen LogP contribution in [0.3, 0.4) is 0 Å². The minimum absolute atomic E-state index is 0.0574. The summed E-state index contributed by atoms with van der Waals surface area (Å²) in [6, 6.07) is 14.0. The summed E-state index contributed by atoms with van der Waals surface area (Å²) in [6.45, 7) is 3.91. The molecule has 198 valence electrons. The topological polar surface area (TPSA) is 170 Å². The molecule has 2 amide bonds. The highest BCUT2D eigenvalue weighted by molar-refractivity contribution is 6.04. The summed E-state index contributed by atoms with van der Waals surface area (Å²) < 4.78 is 10.4. The smallest absolute Gasteiger partial charge is 0.371 e. The van der Waals surface area contributed by atoms with Crippen LogP contribution in [-0.2, 0) is 10.2 Å². The first-order valence-corrected chi connectivity index (χ1v) is 11.5. The van der Waals surface area contributed by atoms with Crippen LogP contribution in [-0.4, -0.2) is 52.1 Å². The molecule has 0 saturated carbocycles. The van der Waals surface area contributed by atoms with Crippen molar-refractivity contribution < 1.29 is 29.0 Å². The molecule has 0 fully saturated rings. The predicted molar refractivity (Wildman–Crippen MR) is 142 cm³/mol. The molecule has 5 N–H and O–H groups in total. The van der Waals surface area contributed by atoms with Gasteiger partial charge in [-0.2, -0.15) is 0 Å². The van der Waals surface area contributed by atoms with Crippen molar-refractivity contribution in [3.05, 3.63) is 77.9 Å². The summed E-state index contributed by atoms with van der Waals surface area (Å²) >= 11 is 0. The van der Waals surface area contributed by atoms with Gasteiger partial charge in [-0.3, -0.25) is 14.6 Å². The Morgan fingerprint density at radius 3 is 2.29 bits per heavy atom. The third-order valence-corrected chi connectivity index (χ3v) is 5.67. The number of imidazole rings is 1. The maximum absolute atomic E-state index is 12.4. The molecule has 0 saturated heterocycles. The number of aromatic carboxylic acids is 1. The summed E-state index contributed by atoms with van der Waals surface area (Å²) in [5, 5.41) is 11.4. The number of aromatic amines is 1. The highest BCUT2D eigenvalue weighted by Gasteiger charge is 2.23. The van der Waals surface area contributed by atoms with Crippen LogP contribution in [0.5, 0.6) is 11.5 Å². The van der Waals surface area contributed by atoms with Crippen molar-refractivity contribution in [3.63, 3.8) is 0 Å². The fourth-order valence-electron chi connectivity index (χ4n) is 3.68. The summed E-state index contributed by atoms with van der Waals surface area (Å²) in [7, 11) is 3.06. The van der Waals surface area contributed by atoms with E-state index >= 15 is 0 Å². The van der Waals surface area contributed by atoms with Crippen molar-refractivity contribution in [2.45, 2.75) is 25.7 Å². The number of carbonyl (C=O) groups excluding carboxylic acids is 2. The van der Waals surface area contributed by atoms with Crippen molar-refractivity contribution in [3.8, 4) is 11.5 Å². The van der Waals surface area contributed by atoms with E-state index in [2.05, 4.69) is 20.3 Å². The third-order valence-electron chi connectivity index (χ3n) is 5.67. The van der Waals surface area contributed by atoms with E-state index in [1.807, 2.05) is 26.0 Å². The van der Waals surface area contributed by atoms with Crippen LogP contribution in [0.25, 0.3) is 11.0 Å². The Labute approximate surface area is 219 Å². The van der Waals surface area contributed by atoms with Crippen LogP contribution in [0.2, 0.25) is 0 Å². The molecule has 4 aromatic rings. The number of rotatable bonds is 8. The molecule has 0 bridgehead atoms. The zero-order valence-electron chi connectivity index (χ0n) is 21.4. The third kappa shape index (κ3) is 6.84. The molecule has 2 aromatic carbocycles. The quantitative estimate of drug-likeness (QED) is 0.273. The van der Waals surface area contributed by atoms with Gasteiger partial charge in [-0.15, -0.1) is 0 Å². The first-order chi connectivity index (χ1) is 18.0. The standard InChI is InChI=1S/C20H24N2O4.C7H5N3O2/c1-20(2,12-18(21)23)14-6-8-15(9-7-14)22-19(24)13-5-10-16(25-3)17(11-13)26-4;11-7(12)6-9-4-1-2-8-3-5(4)10-6/h5-11H,12H2,1-4H3,(H2,21,23)(H,22,24);1-3H,(H,9,10)(H,11,12). The minimum atomic E-state index is -1.06. The zero-order valence-corrected chi connectivity index (χ0v) is 21.4. The highest BCUT2D eigenvalue weighted by Crippen LogP contribution is 2.29. The van der Waals surface area contributed by atoms with E-state index in [1.54, 1.807) is 49.7 Å². The molecule has 0 unspecified atom stereocenters. The van der Waals surface area contributed by atoms with Gasteiger partial charge in [-0.05, 0) is 47.4 Å². The molecule has 4 rings (SSSR count). The number of nitrogens with zero attached hydrogens (tertiary/aromatic N) is 2. The van der Waals surface area contributed by atoms with Crippen LogP contribution in [0.15, 0.2) is 60.9 Å². The van der Waals surface area contributed by atoms with Crippen molar-refractivity contribution in [2.75, 3.05) is 19.5 Å². The first-order valence-electron chi connectivity index (χ1n) is 11.5. The van der Waals surface area contributed by atoms with Crippen LogP contribution >= 0.6 is 0 Å². The lowest BCUT2D eigenvalue weighted by Gasteiger charge is -2.23. The number of hydrogen-bond acceptors (Lipinski definition) is 7. The fourth-order valence-corrected chi connectivity index (χ4v) is 3.68. The van der Waals surface area contributed by atoms with Gasteiger partial charge in [0, 0.05) is 23.9 Å². The highest BCUT2D eigenvalue weighted by atomic mass is 16.5. The van der Waals surface area contributed by atoms with E-state index in [0.29, 0.717) is 33.8 Å². The van der Waals surface area contributed by atoms with E-state index in [1.165, 1.54) is 13.3 Å². The Kier molecular flexibility index (Phi) is 8.64. The molecule has 11 nitrogen and oxygen atoms in total. The molecule has 0 atom stereocenters. The maximum atomic E-state index is 12.4. The van der Waals surface area contributed by atoms with Crippen LogP contribution in [0.1, 0.15) is 46.8 Å². The predicted octanol–water partition coefficient (Wildman–Crippen LogP) is 3.77. The molecule has 0 spiro atoms. The van der Waals surface area contributed by atoms with Crippen LogP contribution < -0.4 is 20.5 Å². The van der Waals surface area contributed by atoms with E-state index in [0.717, 1.165) is 5.56 Å². The lowest BCUT2D eigenvalue weighted by atomic mass is 9.81. The molecular formula is C27H29N5O6. The SMILES string of the molecule is COc1ccc(C(=O)Nc2ccc(C(C)(C)CC(N)=O)cc2)cc1OC.O=C(O)c1nc2ccncc2[nH]1. The second-order valence-electron chi connectivity index (χ2n) is 8.91. The number of aromatic nitrogens is 3. The molecule has 0 aliphatic carbocycles. The molecule has 38 heavy (non-hydrogen) atoms. The summed E-state index contributed by atoms with van der Waals surface area (Å²) in [5.41, 5.74) is 8.28. The second kappa shape index (κ2) is 11.9. The number of nitrogens with two attached hydrogens (primary N) is 1. The Balaban J connectivity index is 0.000000275. The van der Waals surface area contributed by atoms with E-state index in [9.17, 15) is 14.4 Å². The van der Waals surface area contributed by atoms with Gasteiger partial charge in [0.15, 0.2) is 11.5 Å². The van der Waals surface area contributed by atoms with Crippen molar-refractivity contribution in [1.82, 2.24) is 15.0 Å². The van der Waals surface area contributed by atoms with Crippen LogP contribution in [0, 0.1) is 0 Å². The largest absolute Gasteiger partial charge is 0.493 e. The van der Waals surface area contributed by atoms with E-state index in [4.69, 9.17) is 20.3 Å². The number of methoxy groups -OCH3 is 2. The second-order valence-corrected chi connectivity index (χ2v) is 8.91. The molecule has 0 radical (unpaired) electrons. The lowest BCUT2D eigenvalue weighted by molar-refractivity contribution is -0.119. The Morgan fingerprint density at radius 1 is 1.03 bits per heavy atom. The van der Waals surface area contributed by atoms with E-state index in [-0.39, 0.29) is 29.5 Å². The number of pyridine rings is 1. The number of nitrogens with one attached hydrogen (secondary N) is 2.